The third-order valence-electron chi connectivity index (χ3n) is 4.21. The molecule has 0 spiro atoms. The SMILES string of the molecule is CSCC[C@H](NC(=O)c1ccccc1C)C(=O)NCc1ccc(C)cc1. The van der Waals surface area contributed by atoms with E-state index >= 15 is 0 Å². The lowest BCUT2D eigenvalue weighted by Gasteiger charge is -2.19. The molecule has 0 saturated heterocycles. The Morgan fingerprint density at radius 3 is 2.38 bits per heavy atom. The van der Waals surface area contributed by atoms with E-state index in [1.54, 1.807) is 17.8 Å². The van der Waals surface area contributed by atoms with Gasteiger partial charge in [-0.25, -0.2) is 0 Å². The molecule has 2 N–H and O–H groups in total. The van der Waals surface area contributed by atoms with Crippen LogP contribution in [0.3, 0.4) is 0 Å². The molecule has 138 valence electrons. The van der Waals surface area contributed by atoms with Gasteiger partial charge < -0.3 is 10.6 Å². The molecule has 4 nitrogen and oxygen atoms in total. The lowest BCUT2D eigenvalue weighted by Crippen LogP contribution is -2.47. The molecule has 26 heavy (non-hydrogen) atoms. The van der Waals surface area contributed by atoms with Crippen molar-refractivity contribution >= 4 is 23.6 Å². The maximum Gasteiger partial charge on any atom is 0.252 e. The Kier molecular flexibility index (Phi) is 7.73. The van der Waals surface area contributed by atoms with Gasteiger partial charge in [0, 0.05) is 12.1 Å². The molecule has 0 heterocycles. The summed E-state index contributed by atoms with van der Waals surface area (Å²) in [6.45, 7) is 4.38. The van der Waals surface area contributed by atoms with Gasteiger partial charge in [-0.2, -0.15) is 11.8 Å². The van der Waals surface area contributed by atoms with Gasteiger partial charge in [0.25, 0.3) is 5.91 Å². The smallest absolute Gasteiger partial charge is 0.252 e. The maximum atomic E-state index is 12.6. The first-order valence-corrected chi connectivity index (χ1v) is 10.1. The Morgan fingerprint density at radius 2 is 1.73 bits per heavy atom. The number of carbonyl (C=O) groups is 2. The van der Waals surface area contributed by atoms with Crippen molar-refractivity contribution in [3.8, 4) is 0 Å². The van der Waals surface area contributed by atoms with Crippen LogP contribution >= 0.6 is 11.8 Å². The molecule has 0 fully saturated rings. The lowest BCUT2D eigenvalue weighted by molar-refractivity contribution is -0.123. The fourth-order valence-corrected chi connectivity index (χ4v) is 3.06. The molecule has 2 amide bonds. The highest BCUT2D eigenvalue weighted by Gasteiger charge is 2.21. The predicted octanol–water partition coefficient (Wildman–Crippen LogP) is 3.47. The van der Waals surface area contributed by atoms with Gasteiger partial charge in [0.1, 0.15) is 6.04 Å². The molecule has 0 aliphatic rings. The number of hydrogen-bond donors (Lipinski definition) is 2. The third kappa shape index (κ3) is 5.92. The minimum atomic E-state index is -0.542. The summed E-state index contributed by atoms with van der Waals surface area (Å²) in [5.74, 6) is 0.442. The van der Waals surface area contributed by atoms with E-state index in [0.717, 1.165) is 16.9 Å². The molecule has 0 radical (unpaired) electrons. The summed E-state index contributed by atoms with van der Waals surface area (Å²) in [5, 5.41) is 5.83. The average Bonchev–Trinajstić information content (AvgIpc) is 2.64. The first-order valence-electron chi connectivity index (χ1n) is 8.70. The highest BCUT2D eigenvalue weighted by Crippen LogP contribution is 2.09. The van der Waals surface area contributed by atoms with Gasteiger partial charge in [-0.1, -0.05) is 48.0 Å². The second kappa shape index (κ2) is 10.0. The molecule has 0 bridgehead atoms. The van der Waals surface area contributed by atoms with Crippen molar-refractivity contribution in [1.82, 2.24) is 10.6 Å². The Hall–Kier alpha value is -2.27. The van der Waals surface area contributed by atoms with Crippen LogP contribution in [0.4, 0.5) is 0 Å². The van der Waals surface area contributed by atoms with Crippen LogP contribution in [0.15, 0.2) is 48.5 Å². The number of rotatable bonds is 8. The van der Waals surface area contributed by atoms with Crippen LogP contribution in [0.25, 0.3) is 0 Å². The minimum Gasteiger partial charge on any atom is -0.350 e. The third-order valence-corrected chi connectivity index (χ3v) is 4.85. The highest BCUT2D eigenvalue weighted by molar-refractivity contribution is 7.98. The first-order chi connectivity index (χ1) is 12.5. The Bertz CT molecular complexity index is 744. The van der Waals surface area contributed by atoms with Gasteiger partial charge in [-0.3, -0.25) is 9.59 Å². The van der Waals surface area contributed by atoms with E-state index in [1.165, 1.54) is 5.56 Å². The largest absolute Gasteiger partial charge is 0.350 e. The van der Waals surface area contributed by atoms with Crippen LogP contribution in [0, 0.1) is 13.8 Å². The minimum absolute atomic E-state index is 0.151. The molecule has 5 heteroatoms. The van der Waals surface area contributed by atoms with Gasteiger partial charge >= 0.3 is 0 Å². The Labute approximate surface area is 159 Å². The quantitative estimate of drug-likeness (QED) is 0.748. The zero-order valence-electron chi connectivity index (χ0n) is 15.5. The van der Waals surface area contributed by atoms with Crippen molar-refractivity contribution in [2.24, 2.45) is 0 Å². The van der Waals surface area contributed by atoms with E-state index in [2.05, 4.69) is 10.6 Å². The molecule has 0 saturated carbocycles. The van der Waals surface area contributed by atoms with Gasteiger partial charge in [0.15, 0.2) is 0 Å². The fraction of sp³-hybridized carbons (Fsp3) is 0.333. The van der Waals surface area contributed by atoms with E-state index in [4.69, 9.17) is 0 Å². The summed E-state index contributed by atoms with van der Waals surface area (Å²) in [7, 11) is 0. The summed E-state index contributed by atoms with van der Waals surface area (Å²) in [4.78, 5) is 25.2. The number of thioether (sulfide) groups is 1. The maximum absolute atomic E-state index is 12.6. The molecule has 2 aromatic rings. The summed E-state index contributed by atoms with van der Waals surface area (Å²) in [6, 6.07) is 14.9. The standard InChI is InChI=1S/C21H26N2O2S/c1-15-8-10-17(11-9-15)14-22-21(25)19(12-13-26-3)23-20(24)18-7-5-4-6-16(18)2/h4-11,19H,12-14H2,1-3H3,(H,22,25)(H,23,24)/t19-/m0/s1. The van der Waals surface area contributed by atoms with E-state index in [-0.39, 0.29) is 11.8 Å². The van der Waals surface area contributed by atoms with Gasteiger partial charge in [0.2, 0.25) is 5.91 Å². The highest BCUT2D eigenvalue weighted by atomic mass is 32.2. The van der Waals surface area contributed by atoms with E-state index in [0.29, 0.717) is 18.5 Å². The van der Waals surface area contributed by atoms with Crippen LogP contribution in [0.1, 0.15) is 33.5 Å². The van der Waals surface area contributed by atoms with Gasteiger partial charge in [-0.05, 0) is 49.5 Å². The Morgan fingerprint density at radius 1 is 1.04 bits per heavy atom. The monoisotopic (exact) mass is 370 g/mol. The average molecular weight is 371 g/mol. The van der Waals surface area contributed by atoms with Gasteiger partial charge in [-0.15, -0.1) is 0 Å². The van der Waals surface area contributed by atoms with Crippen LogP contribution in [-0.2, 0) is 11.3 Å². The molecule has 2 rings (SSSR count). The summed E-state index contributed by atoms with van der Waals surface area (Å²) >= 11 is 1.66. The summed E-state index contributed by atoms with van der Waals surface area (Å²) < 4.78 is 0. The van der Waals surface area contributed by atoms with Crippen molar-refractivity contribution < 1.29 is 9.59 Å². The molecule has 0 aliphatic carbocycles. The van der Waals surface area contributed by atoms with Crippen LogP contribution in [0.2, 0.25) is 0 Å². The molecular formula is C21H26N2O2S. The van der Waals surface area contributed by atoms with Crippen molar-refractivity contribution in [3.63, 3.8) is 0 Å². The molecule has 2 aromatic carbocycles. The fourth-order valence-electron chi connectivity index (χ4n) is 2.59. The zero-order valence-corrected chi connectivity index (χ0v) is 16.4. The summed E-state index contributed by atoms with van der Waals surface area (Å²) in [6.07, 6.45) is 2.59. The number of aryl methyl sites for hydroxylation is 2. The van der Waals surface area contributed by atoms with Crippen LogP contribution < -0.4 is 10.6 Å². The number of benzene rings is 2. The second-order valence-corrected chi connectivity index (χ2v) is 7.31. The number of hydrogen-bond acceptors (Lipinski definition) is 3. The Balaban J connectivity index is 2.00. The molecule has 0 unspecified atom stereocenters. The predicted molar refractivity (Wildman–Crippen MR) is 108 cm³/mol. The van der Waals surface area contributed by atoms with Crippen molar-refractivity contribution in [1.29, 1.82) is 0 Å². The van der Waals surface area contributed by atoms with E-state index < -0.39 is 6.04 Å². The van der Waals surface area contributed by atoms with E-state index in [1.807, 2.05) is 62.6 Å². The van der Waals surface area contributed by atoms with Crippen LogP contribution in [-0.4, -0.2) is 29.9 Å². The molecule has 0 aromatic heterocycles. The lowest BCUT2D eigenvalue weighted by atomic mass is 10.1. The van der Waals surface area contributed by atoms with Crippen molar-refractivity contribution in [2.75, 3.05) is 12.0 Å². The first kappa shape index (κ1) is 20.0. The zero-order chi connectivity index (χ0) is 18.9. The second-order valence-electron chi connectivity index (χ2n) is 6.33. The normalized spacial score (nSPS) is 11.7. The number of nitrogens with one attached hydrogen (secondary N) is 2. The van der Waals surface area contributed by atoms with E-state index in [9.17, 15) is 9.59 Å². The molecule has 0 aliphatic heterocycles. The van der Waals surface area contributed by atoms with Crippen LogP contribution in [0.5, 0.6) is 0 Å². The molecule has 1 atom stereocenters. The topological polar surface area (TPSA) is 58.2 Å². The molecular weight excluding hydrogens is 344 g/mol. The number of carbonyl (C=O) groups excluding carboxylic acids is 2. The van der Waals surface area contributed by atoms with Crippen molar-refractivity contribution in [3.05, 3.63) is 70.8 Å². The van der Waals surface area contributed by atoms with Gasteiger partial charge in [0.05, 0.1) is 0 Å². The van der Waals surface area contributed by atoms with Crippen molar-refractivity contribution in [2.45, 2.75) is 32.9 Å². The number of amides is 2. The summed E-state index contributed by atoms with van der Waals surface area (Å²) in [5.41, 5.74) is 3.72.